The van der Waals surface area contributed by atoms with Crippen molar-refractivity contribution in [2.75, 3.05) is 12.4 Å². The molecule has 1 heterocycles. The summed E-state index contributed by atoms with van der Waals surface area (Å²) in [6.45, 7) is 8.22. The number of alkyl halides is 1. The van der Waals surface area contributed by atoms with Crippen molar-refractivity contribution in [3.8, 4) is 0 Å². The van der Waals surface area contributed by atoms with Gasteiger partial charge in [0.15, 0.2) is 0 Å². The summed E-state index contributed by atoms with van der Waals surface area (Å²) < 4.78 is 2.03. The van der Waals surface area contributed by atoms with Crippen molar-refractivity contribution in [2.24, 2.45) is 12.5 Å². The summed E-state index contributed by atoms with van der Waals surface area (Å²) in [6, 6.07) is 4.27. The molecule has 1 aliphatic rings. The normalized spacial score (nSPS) is 14.7. The van der Waals surface area contributed by atoms with E-state index in [0.29, 0.717) is 12.6 Å². The summed E-state index contributed by atoms with van der Waals surface area (Å²) in [5.74, 6) is 0.176. The van der Waals surface area contributed by atoms with Gasteiger partial charge in [-0.05, 0) is 52.7 Å². The molecule has 0 radical (unpaired) electrons. The molecule has 2 amide bonds. The molecule has 140 valence electrons. The molecule has 0 atom stereocenters. The van der Waals surface area contributed by atoms with Gasteiger partial charge in [-0.1, -0.05) is 0 Å². The molecule has 0 saturated heterocycles. The van der Waals surface area contributed by atoms with E-state index in [1.165, 1.54) is 0 Å². The summed E-state index contributed by atoms with van der Waals surface area (Å²) >= 11 is 5.96. The van der Waals surface area contributed by atoms with Crippen LogP contribution >= 0.6 is 11.6 Å². The monoisotopic (exact) mass is 367 g/mol. The van der Waals surface area contributed by atoms with E-state index >= 15 is 0 Å². The molecule has 0 aliphatic heterocycles. The number of hydrogen-bond donors (Lipinski definition) is 0. The van der Waals surface area contributed by atoms with Gasteiger partial charge in [-0.25, -0.2) is 0 Å². The molecular weight excluding hydrogens is 338 g/mol. The van der Waals surface area contributed by atoms with E-state index in [0.717, 1.165) is 18.5 Å². The molecule has 1 fully saturated rings. The Hall–Kier alpha value is -1.49. The number of aryl methyl sites for hydroxylation is 1. The highest BCUT2D eigenvalue weighted by molar-refractivity contribution is 6.19. The predicted molar refractivity (Wildman–Crippen MR) is 100 cm³/mol. The third kappa shape index (κ3) is 4.78. The minimum Gasteiger partial charge on any atom is -0.353 e. The maximum Gasteiger partial charge on any atom is 0.242 e. The van der Waals surface area contributed by atoms with Crippen LogP contribution in [0.2, 0.25) is 0 Å². The smallest absolute Gasteiger partial charge is 0.242 e. The first-order chi connectivity index (χ1) is 11.7. The van der Waals surface area contributed by atoms with Crippen LogP contribution in [-0.4, -0.2) is 50.7 Å². The molecule has 25 heavy (non-hydrogen) atoms. The minimum absolute atomic E-state index is 0.0103. The van der Waals surface area contributed by atoms with Crippen molar-refractivity contribution in [3.05, 3.63) is 24.0 Å². The van der Waals surface area contributed by atoms with Crippen LogP contribution in [0.3, 0.4) is 0 Å². The van der Waals surface area contributed by atoms with Crippen LogP contribution in [0.1, 0.15) is 46.2 Å². The lowest BCUT2D eigenvalue weighted by atomic mass is 9.93. The lowest BCUT2D eigenvalue weighted by Gasteiger charge is -2.35. The van der Waals surface area contributed by atoms with Crippen molar-refractivity contribution in [1.29, 1.82) is 0 Å². The van der Waals surface area contributed by atoms with E-state index in [1.54, 1.807) is 4.90 Å². The zero-order valence-electron chi connectivity index (χ0n) is 16.0. The highest BCUT2D eigenvalue weighted by atomic mass is 35.5. The van der Waals surface area contributed by atoms with Crippen LogP contribution in [0.4, 0.5) is 0 Å². The minimum atomic E-state index is -0.672. The third-order valence-electron chi connectivity index (χ3n) is 4.79. The van der Waals surface area contributed by atoms with Crippen LogP contribution in [0.15, 0.2) is 18.3 Å². The molecule has 0 bridgehead atoms. The van der Waals surface area contributed by atoms with Gasteiger partial charge in [0.05, 0.1) is 12.0 Å². The molecule has 6 heteroatoms. The zero-order chi connectivity index (χ0) is 18.8. The molecule has 1 aromatic rings. The first-order valence-corrected chi connectivity index (χ1v) is 9.47. The van der Waals surface area contributed by atoms with Crippen molar-refractivity contribution < 1.29 is 9.59 Å². The van der Waals surface area contributed by atoms with Gasteiger partial charge in [0, 0.05) is 36.9 Å². The molecule has 1 aliphatic carbocycles. The Morgan fingerprint density at radius 2 is 2.00 bits per heavy atom. The molecule has 0 aromatic carbocycles. The lowest BCUT2D eigenvalue weighted by molar-refractivity contribution is -0.147. The lowest BCUT2D eigenvalue weighted by Crippen LogP contribution is -2.50. The SMILES string of the molecule is CC(C)N(CC(=O)N(Cc1cccn1C)C1CC1)C(=O)C(C)(C)CCl. The quantitative estimate of drug-likeness (QED) is 0.663. The molecule has 0 unspecified atom stereocenters. The predicted octanol–water partition coefficient (Wildman–Crippen LogP) is 3.02. The maximum absolute atomic E-state index is 13.0. The van der Waals surface area contributed by atoms with Crippen LogP contribution < -0.4 is 0 Å². The van der Waals surface area contributed by atoms with E-state index in [1.807, 2.05) is 62.5 Å². The fraction of sp³-hybridized carbons (Fsp3) is 0.684. The standard InChI is InChI=1S/C19H30ClN3O2/c1-14(2)22(18(25)19(3,4)13-20)12-17(24)23(15-8-9-15)11-16-7-6-10-21(16)5/h6-7,10,14-15H,8-9,11-13H2,1-5H3. The van der Waals surface area contributed by atoms with E-state index in [4.69, 9.17) is 11.6 Å². The van der Waals surface area contributed by atoms with Crippen LogP contribution in [-0.2, 0) is 23.2 Å². The van der Waals surface area contributed by atoms with E-state index < -0.39 is 5.41 Å². The van der Waals surface area contributed by atoms with Crippen LogP contribution in [0.5, 0.6) is 0 Å². The second-order valence-corrected chi connectivity index (χ2v) is 8.17. The Kier molecular flexibility index (Phi) is 6.20. The Morgan fingerprint density at radius 3 is 2.44 bits per heavy atom. The average molecular weight is 368 g/mol. The molecule has 0 N–H and O–H groups in total. The van der Waals surface area contributed by atoms with Gasteiger partial charge in [-0.2, -0.15) is 0 Å². The van der Waals surface area contributed by atoms with Gasteiger partial charge >= 0.3 is 0 Å². The Bertz CT molecular complexity index is 620. The van der Waals surface area contributed by atoms with E-state index in [2.05, 4.69) is 0 Å². The van der Waals surface area contributed by atoms with Crippen molar-refractivity contribution >= 4 is 23.4 Å². The molecule has 2 rings (SSSR count). The Morgan fingerprint density at radius 1 is 1.36 bits per heavy atom. The first-order valence-electron chi connectivity index (χ1n) is 8.94. The summed E-state index contributed by atoms with van der Waals surface area (Å²) in [6.07, 6.45) is 4.07. The highest BCUT2D eigenvalue weighted by Gasteiger charge is 2.37. The molecule has 0 spiro atoms. The van der Waals surface area contributed by atoms with Crippen molar-refractivity contribution in [3.63, 3.8) is 0 Å². The highest BCUT2D eigenvalue weighted by Crippen LogP contribution is 2.29. The fourth-order valence-electron chi connectivity index (χ4n) is 2.81. The van der Waals surface area contributed by atoms with Gasteiger partial charge in [0.2, 0.25) is 11.8 Å². The molecule has 1 saturated carbocycles. The van der Waals surface area contributed by atoms with Crippen LogP contribution in [0.25, 0.3) is 0 Å². The molecular formula is C19H30ClN3O2. The van der Waals surface area contributed by atoms with Gasteiger partial charge in [-0.15, -0.1) is 11.6 Å². The Balaban J connectivity index is 2.12. The number of carbonyl (C=O) groups excluding carboxylic acids is 2. The second-order valence-electron chi connectivity index (χ2n) is 7.91. The van der Waals surface area contributed by atoms with E-state index in [9.17, 15) is 9.59 Å². The number of carbonyl (C=O) groups is 2. The van der Waals surface area contributed by atoms with Crippen LogP contribution in [0, 0.1) is 5.41 Å². The number of rotatable bonds is 8. The number of halogens is 1. The second kappa shape index (κ2) is 7.81. The number of aromatic nitrogens is 1. The average Bonchev–Trinajstić information content (AvgIpc) is 3.32. The summed E-state index contributed by atoms with van der Waals surface area (Å²) in [7, 11) is 1.98. The van der Waals surface area contributed by atoms with Crippen molar-refractivity contribution in [1.82, 2.24) is 14.4 Å². The third-order valence-corrected chi connectivity index (χ3v) is 5.46. The van der Waals surface area contributed by atoms with Gasteiger partial charge < -0.3 is 14.4 Å². The summed E-state index contributed by atoms with van der Waals surface area (Å²) in [4.78, 5) is 29.4. The largest absolute Gasteiger partial charge is 0.353 e. The number of nitrogens with zero attached hydrogens (tertiary/aromatic N) is 3. The first kappa shape index (κ1) is 19.8. The maximum atomic E-state index is 13.0. The summed E-state index contributed by atoms with van der Waals surface area (Å²) in [5, 5.41) is 0. The fourth-order valence-corrected chi connectivity index (χ4v) is 2.93. The van der Waals surface area contributed by atoms with E-state index in [-0.39, 0.29) is 30.3 Å². The van der Waals surface area contributed by atoms with Gasteiger partial charge in [0.25, 0.3) is 0 Å². The van der Waals surface area contributed by atoms with Gasteiger partial charge in [0.1, 0.15) is 6.54 Å². The Labute approximate surface area is 155 Å². The van der Waals surface area contributed by atoms with Gasteiger partial charge in [-0.3, -0.25) is 9.59 Å². The molecule has 5 nitrogen and oxygen atoms in total. The number of hydrogen-bond acceptors (Lipinski definition) is 2. The summed E-state index contributed by atoms with van der Waals surface area (Å²) in [5.41, 5.74) is 0.429. The number of amides is 2. The topological polar surface area (TPSA) is 45.6 Å². The van der Waals surface area contributed by atoms with Crippen molar-refractivity contribution in [2.45, 2.75) is 59.2 Å². The zero-order valence-corrected chi connectivity index (χ0v) is 16.7. The molecule has 1 aromatic heterocycles.